The summed E-state index contributed by atoms with van der Waals surface area (Å²) in [4.78, 5) is 0. The molecule has 0 N–H and O–H groups in total. The van der Waals surface area contributed by atoms with Crippen LogP contribution in [0.25, 0.3) is 0 Å². The summed E-state index contributed by atoms with van der Waals surface area (Å²) in [6, 6.07) is 0. The molecule has 0 aromatic carbocycles. The second-order valence-electron chi connectivity index (χ2n) is 2.93. The molecule has 0 aliphatic heterocycles. The maximum absolute atomic E-state index is 3.12. The van der Waals surface area contributed by atoms with E-state index < -0.39 is 0 Å². The van der Waals surface area contributed by atoms with Gasteiger partial charge >= 0.3 is 30.2 Å². The second-order valence-corrected chi connectivity index (χ2v) is 2.93. The molecule has 0 radical (unpaired) electrons. The molecule has 0 fully saturated rings. The Kier molecular flexibility index (Phi) is 29.3. The van der Waals surface area contributed by atoms with Crippen LogP contribution in [-0.4, -0.2) is 6.88 Å². The molecule has 17 heavy (non-hydrogen) atoms. The van der Waals surface area contributed by atoms with Crippen LogP contribution in [0.5, 0.6) is 0 Å². The standard InChI is InChI=1S/2C6H7.CH3.2ClH.H2Si.Zr/c2*1-6-4-2-3-5-6;;;;;/h2*2,4H,3H2,1H3;1H3;2*1H;1H2;/q3*-1;;;;. The average molecular weight is 368 g/mol. The SMILES string of the molecule is CC1=[C-]CC=C1.CC1=[C-]CC=C1.Cl.Cl.[CH3-].[SiH2]=[Zr]. The summed E-state index contributed by atoms with van der Waals surface area (Å²) < 4.78 is 0. The summed E-state index contributed by atoms with van der Waals surface area (Å²) in [5.41, 5.74) is 2.55. The van der Waals surface area contributed by atoms with Crippen LogP contribution in [0, 0.1) is 19.6 Å². The van der Waals surface area contributed by atoms with E-state index in [0.29, 0.717) is 0 Å². The molecule has 4 heteroatoms. The van der Waals surface area contributed by atoms with Gasteiger partial charge in [0.25, 0.3) is 0 Å². The molecule has 0 spiro atoms. The Labute approximate surface area is 136 Å². The van der Waals surface area contributed by atoms with Crippen LogP contribution in [0.4, 0.5) is 0 Å². The zero-order valence-electron chi connectivity index (χ0n) is 10.7. The molecule has 0 nitrogen and oxygen atoms in total. The number of hydrogen-bond acceptors (Lipinski definition) is 0. The van der Waals surface area contributed by atoms with Crippen LogP contribution in [0.2, 0.25) is 0 Å². The molecule has 0 unspecified atom stereocenters. The van der Waals surface area contributed by atoms with Crippen molar-refractivity contribution in [1.29, 1.82) is 0 Å². The van der Waals surface area contributed by atoms with Crippen molar-refractivity contribution in [2.75, 3.05) is 0 Å². The summed E-state index contributed by atoms with van der Waals surface area (Å²) in [5, 5.41) is 0. The number of allylic oxidation sites excluding steroid dienone is 8. The van der Waals surface area contributed by atoms with Crippen LogP contribution in [-0.2, 0) is 23.3 Å². The van der Waals surface area contributed by atoms with Gasteiger partial charge < -0.3 is 7.43 Å². The monoisotopic (exact) mass is 365 g/mol. The molecule has 0 atom stereocenters. The first kappa shape index (κ1) is 26.3. The van der Waals surface area contributed by atoms with Crippen molar-refractivity contribution in [2.24, 2.45) is 0 Å². The van der Waals surface area contributed by atoms with Gasteiger partial charge in [0.15, 0.2) is 0 Å². The third kappa shape index (κ3) is 16.6. The minimum absolute atomic E-state index is 0. The summed E-state index contributed by atoms with van der Waals surface area (Å²) in [7, 11) is 0. The van der Waals surface area contributed by atoms with Gasteiger partial charge in [-0.05, 0) is 0 Å². The molecular formula is C13H21Cl2SiZr-3. The molecule has 0 saturated carbocycles. The van der Waals surface area contributed by atoms with Crippen LogP contribution in [0.1, 0.15) is 26.7 Å². The van der Waals surface area contributed by atoms with Gasteiger partial charge in [-0.1, -0.05) is 13.8 Å². The predicted octanol–water partition coefficient (Wildman–Crippen LogP) is 3.77. The van der Waals surface area contributed by atoms with Crippen molar-refractivity contribution in [1.82, 2.24) is 0 Å². The molecule has 0 bridgehead atoms. The summed E-state index contributed by atoms with van der Waals surface area (Å²) in [6.07, 6.45) is 16.7. The van der Waals surface area contributed by atoms with Crippen LogP contribution in [0.3, 0.4) is 0 Å². The average Bonchev–Trinajstić information content (AvgIpc) is 2.83. The van der Waals surface area contributed by atoms with Gasteiger partial charge in [-0.25, -0.2) is 23.3 Å². The Bertz CT molecular complexity index is 248. The molecule has 0 aromatic heterocycles. The van der Waals surface area contributed by atoms with E-state index >= 15 is 0 Å². The molecule has 2 rings (SSSR count). The summed E-state index contributed by atoms with van der Waals surface area (Å²) in [6.45, 7) is 6.07. The van der Waals surface area contributed by atoms with E-state index in [9.17, 15) is 0 Å². The van der Waals surface area contributed by atoms with Crippen molar-refractivity contribution < 1.29 is 23.3 Å². The van der Waals surface area contributed by atoms with Gasteiger partial charge in [0, 0.05) is 0 Å². The third-order valence-electron chi connectivity index (χ3n) is 1.73. The van der Waals surface area contributed by atoms with Gasteiger partial charge in [0.2, 0.25) is 0 Å². The Balaban J connectivity index is -0.0000000752. The van der Waals surface area contributed by atoms with Crippen molar-refractivity contribution in [3.63, 3.8) is 0 Å². The van der Waals surface area contributed by atoms with Crippen molar-refractivity contribution in [3.8, 4) is 0 Å². The van der Waals surface area contributed by atoms with Crippen molar-refractivity contribution in [2.45, 2.75) is 26.7 Å². The number of rotatable bonds is 0. The first-order chi connectivity index (χ1) is 6.79. The minimum atomic E-state index is 0. The zero-order valence-corrected chi connectivity index (χ0v) is 16.3. The quantitative estimate of drug-likeness (QED) is 0.452. The topological polar surface area (TPSA) is 0 Å². The maximum atomic E-state index is 3.12. The number of halogens is 2. The Morgan fingerprint density at radius 3 is 1.29 bits per heavy atom. The van der Waals surface area contributed by atoms with Gasteiger partial charge in [-0.2, -0.15) is 12.2 Å². The van der Waals surface area contributed by atoms with Crippen molar-refractivity contribution >= 4 is 31.7 Å². The molecular weight excluding hydrogens is 346 g/mol. The third-order valence-corrected chi connectivity index (χ3v) is 1.73. The fourth-order valence-corrected chi connectivity index (χ4v) is 1.03. The Hall–Kier alpha value is 0.640. The van der Waals surface area contributed by atoms with Gasteiger partial charge in [-0.15, -0.1) is 37.7 Å². The van der Waals surface area contributed by atoms with E-state index in [4.69, 9.17) is 0 Å². The van der Waals surface area contributed by atoms with Crippen LogP contribution in [0.15, 0.2) is 35.5 Å². The molecule has 98 valence electrons. The molecule has 0 aromatic rings. The Morgan fingerprint density at radius 2 is 1.24 bits per heavy atom. The normalized spacial score (nSPS) is 13.2. The zero-order chi connectivity index (χ0) is 10.8. The number of hydrogen-bond donors (Lipinski definition) is 0. The van der Waals surface area contributed by atoms with E-state index in [2.05, 4.69) is 50.3 Å². The van der Waals surface area contributed by atoms with Gasteiger partial charge in [-0.3, -0.25) is 12.2 Å². The predicted molar refractivity (Wildman–Crippen MR) is 81.8 cm³/mol. The van der Waals surface area contributed by atoms with Gasteiger partial charge in [0.1, 0.15) is 0 Å². The van der Waals surface area contributed by atoms with Gasteiger partial charge in [0.05, 0.1) is 0 Å². The van der Waals surface area contributed by atoms with E-state index in [-0.39, 0.29) is 32.2 Å². The summed E-state index contributed by atoms with van der Waals surface area (Å²) >= 11 is 1.58. The molecule has 2 aliphatic carbocycles. The molecule has 2 aliphatic rings. The first-order valence-electron chi connectivity index (χ1n) is 4.62. The molecule has 0 heterocycles. The fourth-order valence-electron chi connectivity index (χ4n) is 1.03. The van der Waals surface area contributed by atoms with E-state index in [1.165, 1.54) is 11.1 Å². The van der Waals surface area contributed by atoms with Crippen LogP contribution < -0.4 is 0 Å². The van der Waals surface area contributed by atoms with E-state index in [1.54, 1.807) is 23.3 Å². The van der Waals surface area contributed by atoms with Crippen molar-refractivity contribution in [3.05, 3.63) is 55.0 Å². The molecule has 0 amide bonds. The summed E-state index contributed by atoms with van der Waals surface area (Å²) in [5.74, 6) is 0. The second kappa shape index (κ2) is 19.0. The fraction of sp³-hybridized carbons (Fsp3) is 0.308. The Morgan fingerprint density at radius 1 is 0.941 bits per heavy atom. The van der Waals surface area contributed by atoms with Crippen LogP contribution >= 0.6 is 24.8 Å². The van der Waals surface area contributed by atoms with E-state index in [0.717, 1.165) is 12.8 Å². The first-order valence-corrected chi connectivity index (χ1v) is 10.5. The molecule has 0 saturated heterocycles. The van der Waals surface area contributed by atoms with E-state index in [1.807, 2.05) is 6.88 Å².